The van der Waals surface area contributed by atoms with Gasteiger partial charge >= 0.3 is 0 Å². The Bertz CT molecular complexity index is 1050. The molecule has 0 aliphatic carbocycles. The zero-order valence-electron chi connectivity index (χ0n) is 16.1. The summed E-state index contributed by atoms with van der Waals surface area (Å²) in [6, 6.07) is 7.78. The van der Waals surface area contributed by atoms with Crippen molar-refractivity contribution in [3.63, 3.8) is 0 Å². The normalized spacial score (nSPS) is 19.0. The van der Waals surface area contributed by atoms with Crippen molar-refractivity contribution in [2.24, 2.45) is 10.2 Å². The van der Waals surface area contributed by atoms with Gasteiger partial charge in [0.15, 0.2) is 0 Å². The Kier molecular flexibility index (Phi) is 4.62. The van der Waals surface area contributed by atoms with Gasteiger partial charge in [-0.05, 0) is 55.7 Å². The first kappa shape index (κ1) is 18.8. The van der Waals surface area contributed by atoms with E-state index in [0.717, 1.165) is 11.1 Å². The molecular weight excluding hydrogens is 372 g/mol. The molecule has 2 aliphatic heterocycles. The molecule has 2 aliphatic rings. The average Bonchev–Trinajstić information content (AvgIpc) is 2.98. The van der Waals surface area contributed by atoms with Crippen molar-refractivity contribution in [2.75, 3.05) is 0 Å². The van der Waals surface area contributed by atoms with Crippen molar-refractivity contribution in [2.45, 2.75) is 39.3 Å². The number of fused-ring (bicyclic) bond motifs is 1. The van der Waals surface area contributed by atoms with Crippen LogP contribution >= 0.6 is 0 Å². The zero-order valence-corrected chi connectivity index (χ0v) is 16.1. The maximum Gasteiger partial charge on any atom is 0.255 e. The van der Waals surface area contributed by atoms with E-state index in [1.807, 2.05) is 13.8 Å². The largest absolute Gasteiger partial charge is 0.508 e. The van der Waals surface area contributed by atoms with E-state index in [0.29, 0.717) is 28.9 Å². The summed E-state index contributed by atoms with van der Waals surface area (Å²) in [5.41, 5.74) is 4.00. The summed E-state index contributed by atoms with van der Waals surface area (Å²) in [7, 11) is 0. The second-order valence-electron chi connectivity index (χ2n) is 7.33. The molecule has 1 unspecified atom stereocenters. The van der Waals surface area contributed by atoms with E-state index in [4.69, 9.17) is 0 Å². The number of nitrogens with one attached hydrogen (secondary N) is 1. The first-order chi connectivity index (χ1) is 13.8. The zero-order chi connectivity index (χ0) is 20.7. The number of imide groups is 1. The number of rotatable bonds is 3. The van der Waals surface area contributed by atoms with E-state index in [1.165, 1.54) is 4.90 Å². The molecule has 3 amide bonds. The number of phenolic OH excluding ortho intramolecular Hbond substituents is 1. The number of aryl methyl sites for hydroxylation is 2. The van der Waals surface area contributed by atoms with Crippen LogP contribution in [0.1, 0.15) is 39.9 Å². The Labute approximate surface area is 167 Å². The fraction of sp³-hybridized carbons (Fsp3) is 0.286. The Hall–Kier alpha value is -3.55. The Morgan fingerprint density at radius 3 is 2.52 bits per heavy atom. The number of hydrogen-bond donors (Lipinski definition) is 2. The van der Waals surface area contributed by atoms with Gasteiger partial charge in [0.05, 0.1) is 11.4 Å². The lowest BCUT2D eigenvalue weighted by atomic mass is 10.0. The predicted molar refractivity (Wildman–Crippen MR) is 104 cm³/mol. The molecule has 2 aromatic carbocycles. The second-order valence-corrected chi connectivity index (χ2v) is 7.33. The molecule has 148 valence electrons. The van der Waals surface area contributed by atoms with Gasteiger partial charge in [0.2, 0.25) is 11.8 Å². The average molecular weight is 392 g/mol. The van der Waals surface area contributed by atoms with Crippen molar-refractivity contribution in [1.29, 1.82) is 0 Å². The molecule has 4 rings (SSSR count). The summed E-state index contributed by atoms with van der Waals surface area (Å²) >= 11 is 0. The standard InChI is InChI=1S/C21H20N4O4/c1-11-8-13(26)9-12(2)19(11)24-23-16-5-3-4-14-15(16)10-25(21(14)29)17-6-7-18(27)22-20(17)28/h3-5,8-9,17,26H,6-7,10H2,1-2H3,(H,22,27,28)/b24-23+. The molecule has 8 heteroatoms. The number of nitrogens with zero attached hydrogens (tertiary/aromatic N) is 3. The minimum absolute atomic E-state index is 0.171. The number of aromatic hydroxyl groups is 1. The van der Waals surface area contributed by atoms with Gasteiger partial charge in [-0.15, -0.1) is 5.11 Å². The van der Waals surface area contributed by atoms with Gasteiger partial charge in [-0.2, -0.15) is 5.11 Å². The van der Waals surface area contributed by atoms with Crippen LogP contribution in [0.3, 0.4) is 0 Å². The third kappa shape index (κ3) is 3.37. The molecule has 8 nitrogen and oxygen atoms in total. The van der Waals surface area contributed by atoms with Crippen LogP contribution in [0.15, 0.2) is 40.6 Å². The molecule has 0 radical (unpaired) electrons. The van der Waals surface area contributed by atoms with Crippen LogP contribution in [0.5, 0.6) is 5.75 Å². The number of phenols is 1. The lowest BCUT2D eigenvalue weighted by Crippen LogP contribution is -2.52. The summed E-state index contributed by atoms with van der Waals surface area (Å²) in [5, 5.41) is 20.7. The van der Waals surface area contributed by atoms with Gasteiger partial charge in [-0.3, -0.25) is 19.7 Å². The van der Waals surface area contributed by atoms with Crippen molar-refractivity contribution in [3.8, 4) is 5.75 Å². The van der Waals surface area contributed by atoms with Crippen LogP contribution in [0.4, 0.5) is 11.4 Å². The van der Waals surface area contributed by atoms with E-state index in [1.54, 1.807) is 30.3 Å². The Balaban J connectivity index is 1.64. The van der Waals surface area contributed by atoms with Gasteiger partial charge in [-0.1, -0.05) is 6.07 Å². The molecule has 0 saturated carbocycles. The first-order valence-corrected chi connectivity index (χ1v) is 9.33. The van der Waals surface area contributed by atoms with E-state index in [-0.39, 0.29) is 30.5 Å². The minimum Gasteiger partial charge on any atom is -0.508 e. The molecule has 2 N–H and O–H groups in total. The van der Waals surface area contributed by atoms with Gasteiger partial charge in [0.1, 0.15) is 11.8 Å². The second kappa shape index (κ2) is 7.12. The third-order valence-corrected chi connectivity index (χ3v) is 5.29. The van der Waals surface area contributed by atoms with E-state index < -0.39 is 11.9 Å². The van der Waals surface area contributed by atoms with Crippen molar-refractivity contribution < 1.29 is 19.5 Å². The minimum atomic E-state index is -0.668. The highest BCUT2D eigenvalue weighted by atomic mass is 16.3. The molecular formula is C21H20N4O4. The summed E-state index contributed by atoms with van der Waals surface area (Å²) in [6.45, 7) is 3.92. The third-order valence-electron chi connectivity index (χ3n) is 5.29. The van der Waals surface area contributed by atoms with Gasteiger partial charge in [-0.25, -0.2) is 0 Å². The van der Waals surface area contributed by atoms with Gasteiger partial charge < -0.3 is 10.0 Å². The Morgan fingerprint density at radius 1 is 1.10 bits per heavy atom. The van der Waals surface area contributed by atoms with Gasteiger partial charge in [0, 0.05) is 24.1 Å². The number of carbonyl (C=O) groups is 3. The summed E-state index contributed by atoms with van der Waals surface area (Å²) < 4.78 is 0. The van der Waals surface area contributed by atoms with Crippen molar-refractivity contribution in [3.05, 3.63) is 52.6 Å². The molecule has 0 aromatic heterocycles. The number of carbonyl (C=O) groups excluding carboxylic acids is 3. The Morgan fingerprint density at radius 2 is 1.83 bits per heavy atom. The summed E-state index contributed by atoms with van der Waals surface area (Å²) in [5.74, 6) is -0.834. The number of piperidine rings is 1. The molecule has 1 saturated heterocycles. The van der Waals surface area contributed by atoms with Crippen molar-refractivity contribution >= 4 is 29.1 Å². The summed E-state index contributed by atoms with van der Waals surface area (Å²) in [6.07, 6.45) is 0.523. The number of hydrogen-bond acceptors (Lipinski definition) is 6. The highest BCUT2D eigenvalue weighted by Crippen LogP contribution is 2.35. The maximum atomic E-state index is 12.9. The topological polar surface area (TPSA) is 111 Å². The maximum absolute atomic E-state index is 12.9. The molecule has 0 bridgehead atoms. The molecule has 0 spiro atoms. The smallest absolute Gasteiger partial charge is 0.255 e. The highest BCUT2D eigenvalue weighted by molar-refractivity contribution is 6.06. The number of amides is 3. The monoisotopic (exact) mass is 392 g/mol. The van der Waals surface area contributed by atoms with Crippen LogP contribution in [-0.4, -0.2) is 33.8 Å². The molecule has 1 fully saturated rings. The number of azo groups is 1. The van der Waals surface area contributed by atoms with Crippen LogP contribution in [0, 0.1) is 13.8 Å². The first-order valence-electron chi connectivity index (χ1n) is 9.33. The predicted octanol–water partition coefficient (Wildman–Crippen LogP) is 3.19. The van der Waals surface area contributed by atoms with Crippen molar-refractivity contribution in [1.82, 2.24) is 10.2 Å². The molecule has 2 aromatic rings. The highest BCUT2D eigenvalue weighted by Gasteiger charge is 2.39. The van der Waals surface area contributed by atoms with Crippen LogP contribution in [0.25, 0.3) is 0 Å². The van der Waals surface area contributed by atoms with Crippen LogP contribution in [0.2, 0.25) is 0 Å². The lowest BCUT2D eigenvalue weighted by Gasteiger charge is -2.29. The lowest BCUT2D eigenvalue weighted by molar-refractivity contribution is -0.136. The van der Waals surface area contributed by atoms with Crippen LogP contribution in [-0.2, 0) is 16.1 Å². The molecule has 29 heavy (non-hydrogen) atoms. The fourth-order valence-electron chi connectivity index (χ4n) is 3.86. The summed E-state index contributed by atoms with van der Waals surface area (Å²) in [4.78, 5) is 37.9. The number of benzene rings is 2. The van der Waals surface area contributed by atoms with Gasteiger partial charge in [0.25, 0.3) is 5.91 Å². The van der Waals surface area contributed by atoms with Crippen LogP contribution < -0.4 is 5.32 Å². The molecule has 1 atom stereocenters. The van der Waals surface area contributed by atoms with E-state index in [9.17, 15) is 19.5 Å². The SMILES string of the molecule is Cc1cc(O)cc(C)c1/N=N/c1cccc2c1CN(C1CCC(=O)NC1=O)C2=O. The van der Waals surface area contributed by atoms with E-state index in [2.05, 4.69) is 15.5 Å². The quantitative estimate of drug-likeness (QED) is 0.617. The fourth-order valence-corrected chi connectivity index (χ4v) is 3.86. The molecule has 2 heterocycles. The van der Waals surface area contributed by atoms with E-state index >= 15 is 0 Å².